The molecule has 5 heteroatoms. The van der Waals surface area contributed by atoms with Gasteiger partial charge in [0.15, 0.2) is 0 Å². The van der Waals surface area contributed by atoms with Crippen LogP contribution in [0.3, 0.4) is 0 Å². The third-order valence-electron chi connectivity index (χ3n) is 2.17. The van der Waals surface area contributed by atoms with Gasteiger partial charge in [-0.25, -0.2) is 19.6 Å². The maximum absolute atomic E-state index is 12.8. The van der Waals surface area contributed by atoms with E-state index in [0.29, 0.717) is 12.0 Å². The van der Waals surface area contributed by atoms with Crippen molar-refractivity contribution in [1.82, 2.24) is 10.9 Å². The summed E-state index contributed by atoms with van der Waals surface area (Å²) >= 11 is 0. The Balaban J connectivity index is 2.23. The number of hydrogen-bond donors (Lipinski definition) is 3. The zero-order valence-corrected chi connectivity index (χ0v) is 7.30. The number of rotatable bonds is 1. The second-order valence-electron chi connectivity index (χ2n) is 3.30. The summed E-state index contributed by atoms with van der Waals surface area (Å²) in [5, 5.41) is 9.14. The second kappa shape index (κ2) is 3.61. The fraction of sp³-hybridized carbons (Fsp3) is 0.333. The fourth-order valence-corrected chi connectivity index (χ4v) is 1.53. The molecule has 76 valence electrons. The van der Waals surface area contributed by atoms with Gasteiger partial charge < -0.3 is 5.11 Å². The molecular weight excluding hydrogens is 190 g/mol. The molecule has 14 heavy (non-hydrogen) atoms. The standard InChI is InChI=1S/C9H10F2N2O/c10-6-1-5(2-7(11)3-6)8-4-9(14)13-12-8/h1-3,8-9,12-14H,4H2. The van der Waals surface area contributed by atoms with E-state index in [0.717, 1.165) is 6.07 Å². The molecule has 1 fully saturated rings. The number of benzene rings is 1. The molecule has 0 bridgehead atoms. The lowest BCUT2D eigenvalue weighted by Crippen LogP contribution is -2.30. The van der Waals surface area contributed by atoms with Gasteiger partial charge in [0.05, 0.1) is 6.04 Å². The first-order valence-corrected chi connectivity index (χ1v) is 4.30. The van der Waals surface area contributed by atoms with Crippen molar-refractivity contribution >= 4 is 0 Å². The largest absolute Gasteiger partial charge is 0.377 e. The third kappa shape index (κ3) is 1.89. The van der Waals surface area contributed by atoms with E-state index in [1.165, 1.54) is 12.1 Å². The van der Waals surface area contributed by atoms with E-state index in [1.807, 2.05) is 0 Å². The predicted octanol–water partition coefficient (Wildman–Crippen LogP) is 0.822. The maximum Gasteiger partial charge on any atom is 0.126 e. The Morgan fingerprint density at radius 3 is 2.29 bits per heavy atom. The first-order valence-electron chi connectivity index (χ1n) is 4.30. The Bertz CT molecular complexity index is 325. The maximum atomic E-state index is 12.8. The zero-order valence-electron chi connectivity index (χ0n) is 7.30. The number of aliphatic hydroxyl groups is 1. The SMILES string of the molecule is OC1CC(c2cc(F)cc(F)c2)NN1. The van der Waals surface area contributed by atoms with E-state index in [9.17, 15) is 8.78 Å². The molecule has 3 N–H and O–H groups in total. The quantitative estimate of drug-likeness (QED) is 0.629. The van der Waals surface area contributed by atoms with E-state index in [1.54, 1.807) is 0 Å². The van der Waals surface area contributed by atoms with Gasteiger partial charge in [0.25, 0.3) is 0 Å². The molecule has 1 aliphatic rings. The number of halogens is 2. The van der Waals surface area contributed by atoms with Gasteiger partial charge in [0, 0.05) is 12.5 Å². The van der Waals surface area contributed by atoms with Crippen LogP contribution in [-0.2, 0) is 0 Å². The second-order valence-corrected chi connectivity index (χ2v) is 3.30. The normalized spacial score (nSPS) is 26.8. The van der Waals surface area contributed by atoms with Crippen LogP contribution in [-0.4, -0.2) is 11.3 Å². The summed E-state index contributed by atoms with van der Waals surface area (Å²) in [5.74, 6) is -1.22. The van der Waals surface area contributed by atoms with Crippen LogP contribution in [0.5, 0.6) is 0 Å². The highest BCUT2D eigenvalue weighted by Gasteiger charge is 2.23. The molecule has 1 saturated heterocycles. The van der Waals surface area contributed by atoms with Crippen LogP contribution in [0.2, 0.25) is 0 Å². The topological polar surface area (TPSA) is 44.3 Å². The molecule has 0 saturated carbocycles. The molecule has 1 aliphatic heterocycles. The smallest absolute Gasteiger partial charge is 0.126 e. The molecule has 0 radical (unpaired) electrons. The molecule has 2 unspecified atom stereocenters. The van der Waals surface area contributed by atoms with Crippen LogP contribution < -0.4 is 10.9 Å². The van der Waals surface area contributed by atoms with E-state index in [-0.39, 0.29) is 6.04 Å². The molecule has 0 aromatic heterocycles. The van der Waals surface area contributed by atoms with Crippen LogP contribution >= 0.6 is 0 Å². The highest BCUT2D eigenvalue weighted by molar-refractivity contribution is 5.22. The van der Waals surface area contributed by atoms with Gasteiger partial charge >= 0.3 is 0 Å². The summed E-state index contributed by atoms with van der Waals surface area (Å²) in [5.41, 5.74) is 5.80. The zero-order chi connectivity index (χ0) is 10.1. The van der Waals surface area contributed by atoms with Crippen molar-refractivity contribution in [2.75, 3.05) is 0 Å². The van der Waals surface area contributed by atoms with Gasteiger partial charge in [0.2, 0.25) is 0 Å². The molecule has 1 aromatic carbocycles. The molecular formula is C9H10F2N2O. The lowest BCUT2D eigenvalue weighted by atomic mass is 10.0. The first kappa shape index (κ1) is 9.51. The summed E-state index contributed by atoms with van der Waals surface area (Å²) in [4.78, 5) is 0. The molecule has 1 aromatic rings. The summed E-state index contributed by atoms with van der Waals surface area (Å²) in [6.07, 6.45) is -0.283. The van der Waals surface area contributed by atoms with Crippen LogP contribution in [0, 0.1) is 11.6 Å². The lowest BCUT2D eigenvalue weighted by Gasteiger charge is -2.09. The van der Waals surface area contributed by atoms with Gasteiger partial charge in [-0.05, 0) is 17.7 Å². The van der Waals surface area contributed by atoms with Gasteiger partial charge in [-0.3, -0.25) is 0 Å². The van der Waals surface area contributed by atoms with E-state index < -0.39 is 17.9 Å². The Kier molecular flexibility index (Phi) is 2.45. The van der Waals surface area contributed by atoms with Gasteiger partial charge in [-0.1, -0.05) is 0 Å². The van der Waals surface area contributed by atoms with E-state index in [2.05, 4.69) is 10.9 Å². The number of aliphatic hydroxyl groups excluding tert-OH is 1. The monoisotopic (exact) mass is 200 g/mol. The Hall–Kier alpha value is -1.04. The Morgan fingerprint density at radius 2 is 1.79 bits per heavy atom. The van der Waals surface area contributed by atoms with Crippen LogP contribution in [0.1, 0.15) is 18.0 Å². The van der Waals surface area contributed by atoms with Crippen LogP contribution in [0.4, 0.5) is 8.78 Å². The minimum absolute atomic E-state index is 0.254. The number of hydrazine groups is 1. The van der Waals surface area contributed by atoms with Crippen LogP contribution in [0.25, 0.3) is 0 Å². The highest BCUT2D eigenvalue weighted by atomic mass is 19.1. The molecule has 2 atom stereocenters. The predicted molar refractivity (Wildman–Crippen MR) is 46.0 cm³/mol. The highest BCUT2D eigenvalue weighted by Crippen LogP contribution is 2.22. The Labute approximate surface area is 79.7 Å². The number of hydrogen-bond acceptors (Lipinski definition) is 3. The molecule has 3 nitrogen and oxygen atoms in total. The molecule has 2 rings (SSSR count). The average Bonchev–Trinajstić information content (AvgIpc) is 2.50. The summed E-state index contributed by atoms with van der Waals surface area (Å²) < 4.78 is 25.7. The van der Waals surface area contributed by atoms with Crippen molar-refractivity contribution in [1.29, 1.82) is 0 Å². The molecule has 0 spiro atoms. The van der Waals surface area contributed by atoms with Crippen molar-refractivity contribution in [3.05, 3.63) is 35.4 Å². The van der Waals surface area contributed by atoms with Gasteiger partial charge in [-0.2, -0.15) is 0 Å². The van der Waals surface area contributed by atoms with Crippen molar-refractivity contribution in [3.8, 4) is 0 Å². The first-order chi connectivity index (χ1) is 6.65. The fourth-order valence-electron chi connectivity index (χ4n) is 1.53. The summed E-state index contributed by atoms with van der Waals surface area (Å²) in [7, 11) is 0. The van der Waals surface area contributed by atoms with E-state index >= 15 is 0 Å². The van der Waals surface area contributed by atoms with Crippen molar-refractivity contribution < 1.29 is 13.9 Å². The van der Waals surface area contributed by atoms with Crippen molar-refractivity contribution in [2.24, 2.45) is 0 Å². The van der Waals surface area contributed by atoms with Crippen molar-refractivity contribution in [2.45, 2.75) is 18.7 Å². The Morgan fingerprint density at radius 1 is 1.14 bits per heavy atom. The lowest BCUT2D eigenvalue weighted by molar-refractivity contribution is 0.153. The van der Waals surface area contributed by atoms with Gasteiger partial charge in [0.1, 0.15) is 17.9 Å². The van der Waals surface area contributed by atoms with E-state index in [4.69, 9.17) is 5.11 Å². The third-order valence-corrected chi connectivity index (χ3v) is 2.17. The van der Waals surface area contributed by atoms with Gasteiger partial charge in [-0.15, -0.1) is 0 Å². The minimum Gasteiger partial charge on any atom is -0.377 e. The van der Waals surface area contributed by atoms with Crippen LogP contribution in [0.15, 0.2) is 18.2 Å². The summed E-state index contributed by atoms with van der Waals surface area (Å²) in [6.45, 7) is 0. The minimum atomic E-state index is -0.675. The summed E-state index contributed by atoms with van der Waals surface area (Å²) in [6, 6.07) is 3.07. The molecule has 0 amide bonds. The number of nitrogens with one attached hydrogen (secondary N) is 2. The molecule has 1 heterocycles. The van der Waals surface area contributed by atoms with Crippen molar-refractivity contribution in [3.63, 3.8) is 0 Å². The molecule has 0 aliphatic carbocycles. The average molecular weight is 200 g/mol.